The summed E-state index contributed by atoms with van der Waals surface area (Å²) in [5.74, 6) is 0. The van der Waals surface area contributed by atoms with Gasteiger partial charge in [0.15, 0.2) is 0 Å². The molecule has 7 aromatic carbocycles. The van der Waals surface area contributed by atoms with E-state index in [1.807, 2.05) is 0 Å². The number of benzene rings is 7. The lowest BCUT2D eigenvalue weighted by Gasteiger charge is -2.35. The fourth-order valence-corrected chi connectivity index (χ4v) is 8.80. The Morgan fingerprint density at radius 3 is 2.13 bits per heavy atom. The van der Waals surface area contributed by atoms with Crippen molar-refractivity contribution >= 4 is 70.9 Å². The van der Waals surface area contributed by atoms with Gasteiger partial charge in [-0.25, -0.2) is 4.98 Å². The second kappa shape index (κ2) is 8.65. The molecule has 3 heteroatoms. The van der Waals surface area contributed by atoms with Crippen molar-refractivity contribution < 1.29 is 0 Å². The maximum atomic E-state index is 5.15. The van der Waals surface area contributed by atoms with Gasteiger partial charge in [0.25, 0.3) is 0 Å². The fraction of sp³-hybridized carbons (Fsp3) is 0.0682. The molecule has 0 N–H and O–H groups in total. The minimum absolute atomic E-state index is 0.0881. The molecule has 0 amide bonds. The van der Waals surface area contributed by atoms with Gasteiger partial charge in [0.2, 0.25) is 0 Å². The van der Waals surface area contributed by atoms with Gasteiger partial charge in [-0.2, -0.15) is 0 Å². The van der Waals surface area contributed by atoms with Crippen LogP contribution in [-0.4, -0.2) is 14.0 Å². The van der Waals surface area contributed by atoms with E-state index in [1.165, 1.54) is 71.0 Å². The predicted molar refractivity (Wildman–Crippen MR) is 197 cm³/mol. The van der Waals surface area contributed by atoms with E-state index in [0.29, 0.717) is 0 Å². The van der Waals surface area contributed by atoms with Crippen LogP contribution in [0.15, 0.2) is 140 Å². The fourth-order valence-electron chi connectivity index (χ4n) is 8.80. The summed E-state index contributed by atoms with van der Waals surface area (Å²) in [6.45, 7) is 4.74. The molecule has 47 heavy (non-hydrogen) atoms. The number of nitrogens with zero attached hydrogens (tertiary/aromatic N) is 3. The first-order valence-electron chi connectivity index (χ1n) is 16.4. The second-order valence-electron chi connectivity index (χ2n) is 13.6. The second-order valence-corrected chi connectivity index (χ2v) is 13.6. The molecule has 1 aliphatic rings. The van der Waals surface area contributed by atoms with Crippen LogP contribution < -0.4 is 0 Å². The Hall–Kier alpha value is -5.93. The Morgan fingerprint density at radius 2 is 1.23 bits per heavy atom. The van der Waals surface area contributed by atoms with Crippen molar-refractivity contribution in [1.82, 2.24) is 14.0 Å². The zero-order chi connectivity index (χ0) is 31.0. The lowest BCUT2D eigenvalue weighted by Crippen LogP contribution is -2.23. The van der Waals surface area contributed by atoms with Crippen molar-refractivity contribution in [2.24, 2.45) is 0 Å². The van der Waals surface area contributed by atoms with E-state index >= 15 is 0 Å². The van der Waals surface area contributed by atoms with Gasteiger partial charge in [0.1, 0.15) is 5.65 Å². The summed E-state index contributed by atoms with van der Waals surface area (Å²) in [6.07, 6.45) is 0. The number of pyridine rings is 1. The molecule has 0 unspecified atom stereocenters. The third-order valence-corrected chi connectivity index (χ3v) is 10.8. The highest BCUT2D eigenvalue weighted by Gasteiger charge is 2.35. The number of hydrogen-bond acceptors (Lipinski definition) is 1. The van der Waals surface area contributed by atoms with Crippen molar-refractivity contribution in [2.45, 2.75) is 19.3 Å². The highest BCUT2D eigenvalue weighted by Crippen LogP contribution is 2.53. The molecule has 3 aromatic heterocycles. The summed E-state index contributed by atoms with van der Waals surface area (Å²) in [6, 6.07) is 51.4. The molecule has 10 aromatic rings. The maximum absolute atomic E-state index is 5.15. The van der Waals surface area contributed by atoms with Crippen LogP contribution in [0.2, 0.25) is 0 Å². The predicted octanol–water partition coefficient (Wildman–Crippen LogP) is 11.4. The van der Waals surface area contributed by atoms with E-state index < -0.39 is 0 Å². The zero-order valence-electron chi connectivity index (χ0n) is 26.1. The molecule has 0 spiro atoms. The van der Waals surface area contributed by atoms with E-state index in [4.69, 9.17) is 4.98 Å². The molecule has 0 radical (unpaired) electrons. The van der Waals surface area contributed by atoms with Crippen LogP contribution in [-0.2, 0) is 5.41 Å². The number of hydrogen-bond donors (Lipinski definition) is 0. The molecule has 0 fully saturated rings. The van der Waals surface area contributed by atoms with E-state index in [0.717, 1.165) is 27.9 Å². The van der Waals surface area contributed by atoms with Gasteiger partial charge in [-0.15, -0.1) is 0 Å². The van der Waals surface area contributed by atoms with E-state index in [9.17, 15) is 0 Å². The van der Waals surface area contributed by atoms with Crippen LogP contribution >= 0.6 is 0 Å². The Morgan fingerprint density at radius 1 is 0.511 bits per heavy atom. The van der Waals surface area contributed by atoms with Gasteiger partial charge in [0.05, 0.1) is 27.6 Å². The third kappa shape index (κ3) is 3.09. The van der Waals surface area contributed by atoms with Crippen molar-refractivity contribution in [3.8, 4) is 16.8 Å². The first-order chi connectivity index (χ1) is 23.1. The molecule has 0 saturated carbocycles. The molecular weight excluding hydrogens is 571 g/mol. The highest BCUT2D eigenvalue weighted by atomic mass is 15.0. The highest BCUT2D eigenvalue weighted by molar-refractivity contribution is 6.25. The molecule has 3 heterocycles. The summed E-state index contributed by atoms with van der Waals surface area (Å²) in [7, 11) is 0. The Kier molecular flexibility index (Phi) is 4.66. The molecular formula is C44H29N3. The number of aromatic nitrogens is 3. The van der Waals surface area contributed by atoms with Crippen LogP contribution in [0.4, 0.5) is 0 Å². The molecule has 0 saturated heterocycles. The van der Waals surface area contributed by atoms with Gasteiger partial charge >= 0.3 is 0 Å². The van der Waals surface area contributed by atoms with Crippen LogP contribution in [0, 0.1) is 0 Å². The summed E-state index contributed by atoms with van der Waals surface area (Å²) >= 11 is 0. The van der Waals surface area contributed by atoms with Crippen molar-refractivity contribution in [1.29, 1.82) is 0 Å². The number of imidazole rings is 1. The lowest BCUT2D eigenvalue weighted by atomic mass is 9.68. The Balaban J connectivity index is 1.33. The van der Waals surface area contributed by atoms with Crippen LogP contribution in [0.3, 0.4) is 0 Å². The third-order valence-electron chi connectivity index (χ3n) is 10.8. The molecule has 0 bridgehead atoms. The van der Waals surface area contributed by atoms with Gasteiger partial charge in [-0.3, -0.25) is 4.40 Å². The minimum atomic E-state index is -0.0881. The number of para-hydroxylation sites is 3. The Bertz CT molecular complexity index is 2990. The topological polar surface area (TPSA) is 22.2 Å². The van der Waals surface area contributed by atoms with Crippen molar-refractivity contribution in [3.05, 3.63) is 151 Å². The Labute approximate surface area is 270 Å². The molecule has 11 rings (SSSR count). The maximum Gasteiger partial charge on any atom is 0.146 e. The standard InChI is InChI=1S/C44H29N3/c1-44(2)33-17-7-5-15-31(33)42-40-26(12-11-18-34(40)44)24-39-41(42)32-16-6-9-20-36(32)46(39)27-22-23-29-28-13-3-4-14-30(28)43-45-35-19-8-10-21-37(35)47(43)38(29)25-27/h3-25H,1-2H3. The van der Waals surface area contributed by atoms with Gasteiger partial charge < -0.3 is 4.57 Å². The minimum Gasteiger partial charge on any atom is -0.309 e. The first-order valence-corrected chi connectivity index (χ1v) is 16.4. The van der Waals surface area contributed by atoms with Gasteiger partial charge in [-0.05, 0) is 69.2 Å². The van der Waals surface area contributed by atoms with Crippen LogP contribution in [0.1, 0.15) is 25.0 Å². The average Bonchev–Trinajstić information content (AvgIpc) is 3.66. The smallest absolute Gasteiger partial charge is 0.146 e. The molecule has 3 nitrogen and oxygen atoms in total. The molecule has 0 aliphatic heterocycles. The van der Waals surface area contributed by atoms with Gasteiger partial charge in [-0.1, -0.05) is 117 Å². The van der Waals surface area contributed by atoms with Crippen LogP contribution in [0.5, 0.6) is 0 Å². The quantitative estimate of drug-likeness (QED) is 0.172. The largest absolute Gasteiger partial charge is 0.309 e. The molecule has 1 aliphatic carbocycles. The summed E-state index contributed by atoms with van der Waals surface area (Å²) < 4.78 is 4.84. The monoisotopic (exact) mass is 599 g/mol. The van der Waals surface area contributed by atoms with Crippen molar-refractivity contribution in [2.75, 3.05) is 0 Å². The van der Waals surface area contributed by atoms with E-state index in [1.54, 1.807) is 0 Å². The molecule has 0 atom stereocenters. The summed E-state index contributed by atoms with van der Waals surface area (Å²) in [4.78, 5) is 5.15. The lowest BCUT2D eigenvalue weighted by molar-refractivity contribution is 0.645. The molecule has 220 valence electrons. The summed E-state index contributed by atoms with van der Waals surface area (Å²) in [5, 5.41) is 8.88. The number of fused-ring (bicyclic) bond motifs is 14. The first kappa shape index (κ1) is 25.3. The van der Waals surface area contributed by atoms with Crippen molar-refractivity contribution in [3.63, 3.8) is 0 Å². The summed E-state index contributed by atoms with van der Waals surface area (Å²) in [5.41, 5.74) is 13.3. The average molecular weight is 600 g/mol. The normalized spacial score (nSPS) is 13.9. The van der Waals surface area contributed by atoms with E-state index in [2.05, 4.69) is 162 Å². The van der Waals surface area contributed by atoms with Gasteiger partial charge in [0, 0.05) is 38.2 Å². The van der Waals surface area contributed by atoms with Crippen LogP contribution in [0.25, 0.3) is 87.7 Å². The van der Waals surface area contributed by atoms with E-state index in [-0.39, 0.29) is 5.41 Å². The SMILES string of the molecule is CC1(C)c2ccccc2-c2c3c1cccc3cc1c2c2ccccc2n1-c1ccc2c3ccccc3c3nc4ccccc4n3c2c1. The zero-order valence-corrected chi connectivity index (χ0v) is 26.1. The number of rotatable bonds is 1.